The third kappa shape index (κ3) is 5.14. The SMILES string of the molecule is CN(CC(=O)N1c2ccccc2CCC1CN1CCN(c2cccc3[nH]ccc23)CC1)C(=O)c1ccccc1. The van der Waals surface area contributed by atoms with Crippen molar-refractivity contribution in [2.45, 2.75) is 18.9 Å². The van der Waals surface area contributed by atoms with Crippen molar-refractivity contribution in [3.8, 4) is 0 Å². The van der Waals surface area contributed by atoms with Crippen molar-refractivity contribution in [3.05, 3.63) is 96.2 Å². The summed E-state index contributed by atoms with van der Waals surface area (Å²) in [6, 6.07) is 26.0. The second kappa shape index (κ2) is 10.9. The number of aromatic nitrogens is 1. The van der Waals surface area contributed by atoms with E-state index in [0.717, 1.165) is 51.3 Å². The number of nitrogens with one attached hydrogen (secondary N) is 1. The minimum Gasteiger partial charge on any atom is -0.368 e. The van der Waals surface area contributed by atoms with Gasteiger partial charge in [0.25, 0.3) is 5.91 Å². The van der Waals surface area contributed by atoms with Gasteiger partial charge in [0.1, 0.15) is 6.54 Å². The van der Waals surface area contributed by atoms with Crippen LogP contribution < -0.4 is 9.80 Å². The number of carbonyl (C=O) groups excluding carboxylic acids is 2. The summed E-state index contributed by atoms with van der Waals surface area (Å²) in [5.41, 5.74) is 5.22. The van der Waals surface area contributed by atoms with Crippen molar-refractivity contribution in [2.24, 2.45) is 0 Å². The number of piperazine rings is 1. The summed E-state index contributed by atoms with van der Waals surface area (Å²) in [5, 5.41) is 1.26. The number of para-hydroxylation sites is 1. The summed E-state index contributed by atoms with van der Waals surface area (Å²) in [5.74, 6) is -0.170. The molecule has 7 heteroatoms. The number of H-pyrrole nitrogens is 1. The molecule has 0 bridgehead atoms. The molecule has 1 aromatic heterocycles. The van der Waals surface area contributed by atoms with E-state index in [1.54, 1.807) is 19.2 Å². The van der Waals surface area contributed by atoms with Gasteiger partial charge in [-0.3, -0.25) is 14.5 Å². The predicted molar refractivity (Wildman–Crippen MR) is 156 cm³/mol. The van der Waals surface area contributed by atoms with Gasteiger partial charge in [-0.2, -0.15) is 0 Å². The zero-order valence-corrected chi connectivity index (χ0v) is 22.4. The number of aromatic amines is 1. The molecule has 2 aliphatic heterocycles. The lowest BCUT2D eigenvalue weighted by atomic mass is 9.95. The number of benzene rings is 3. The summed E-state index contributed by atoms with van der Waals surface area (Å²) < 4.78 is 0. The third-order valence-electron chi connectivity index (χ3n) is 8.13. The smallest absolute Gasteiger partial charge is 0.254 e. The first kappa shape index (κ1) is 25.2. The number of anilines is 2. The minimum absolute atomic E-state index is 0.0308. The summed E-state index contributed by atoms with van der Waals surface area (Å²) in [6.07, 6.45) is 3.88. The molecule has 1 saturated heterocycles. The van der Waals surface area contributed by atoms with E-state index in [2.05, 4.69) is 45.1 Å². The van der Waals surface area contributed by atoms with Crippen molar-refractivity contribution >= 4 is 34.1 Å². The average molecular weight is 522 g/mol. The van der Waals surface area contributed by atoms with Crippen LogP contribution in [0.5, 0.6) is 0 Å². The Balaban J connectivity index is 1.15. The van der Waals surface area contributed by atoms with E-state index in [1.807, 2.05) is 47.5 Å². The molecule has 39 heavy (non-hydrogen) atoms. The highest BCUT2D eigenvalue weighted by atomic mass is 16.2. The second-order valence-corrected chi connectivity index (χ2v) is 10.6. The van der Waals surface area contributed by atoms with Crippen molar-refractivity contribution in [1.82, 2.24) is 14.8 Å². The van der Waals surface area contributed by atoms with Crippen LogP contribution in [0, 0.1) is 0 Å². The number of amides is 2. The Kier molecular flexibility index (Phi) is 7.07. The maximum Gasteiger partial charge on any atom is 0.254 e. The van der Waals surface area contributed by atoms with Gasteiger partial charge in [0.2, 0.25) is 5.91 Å². The monoisotopic (exact) mass is 521 g/mol. The predicted octanol–water partition coefficient (Wildman–Crippen LogP) is 4.41. The molecule has 2 amide bonds. The normalized spacial score (nSPS) is 17.7. The van der Waals surface area contributed by atoms with Gasteiger partial charge in [-0.15, -0.1) is 0 Å². The lowest BCUT2D eigenvalue weighted by Crippen LogP contribution is -2.55. The minimum atomic E-state index is -0.139. The lowest BCUT2D eigenvalue weighted by molar-refractivity contribution is -0.119. The van der Waals surface area contributed by atoms with Gasteiger partial charge in [0.15, 0.2) is 0 Å². The molecule has 0 spiro atoms. The number of hydrogen-bond acceptors (Lipinski definition) is 4. The van der Waals surface area contributed by atoms with Gasteiger partial charge in [0, 0.05) is 79.9 Å². The maximum atomic E-state index is 13.8. The number of aryl methyl sites for hydroxylation is 1. The van der Waals surface area contributed by atoms with Crippen molar-refractivity contribution in [1.29, 1.82) is 0 Å². The van der Waals surface area contributed by atoms with Gasteiger partial charge in [-0.05, 0) is 54.8 Å². The molecule has 3 aromatic carbocycles. The topological polar surface area (TPSA) is 62.9 Å². The molecule has 7 nitrogen and oxygen atoms in total. The fourth-order valence-corrected chi connectivity index (χ4v) is 6.08. The van der Waals surface area contributed by atoms with Crippen LogP contribution in [-0.4, -0.2) is 79.0 Å². The van der Waals surface area contributed by atoms with Gasteiger partial charge in [-0.25, -0.2) is 0 Å². The number of likely N-dealkylation sites (N-methyl/N-ethyl adjacent to an activating group) is 1. The highest BCUT2D eigenvalue weighted by Gasteiger charge is 2.34. The third-order valence-corrected chi connectivity index (χ3v) is 8.13. The van der Waals surface area contributed by atoms with Gasteiger partial charge < -0.3 is 19.7 Å². The highest BCUT2D eigenvalue weighted by Crippen LogP contribution is 2.32. The van der Waals surface area contributed by atoms with Crippen LogP contribution in [-0.2, 0) is 11.2 Å². The molecular formula is C32H35N5O2. The van der Waals surface area contributed by atoms with Crippen LogP contribution in [0.4, 0.5) is 11.4 Å². The van der Waals surface area contributed by atoms with Crippen LogP contribution in [0.2, 0.25) is 0 Å². The molecule has 0 saturated carbocycles. The Morgan fingerprint density at radius 3 is 2.44 bits per heavy atom. The zero-order chi connectivity index (χ0) is 26.8. The van der Waals surface area contributed by atoms with Gasteiger partial charge in [-0.1, -0.05) is 42.5 Å². The molecule has 0 aliphatic carbocycles. The van der Waals surface area contributed by atoms with Crippen LogP contribution >= 0.6 is 0 Å². The van der Waals surface area contributed by atoms with Crippen molar-refractivity contribution in [2.75, 3.05) is 56.1 Å². The first-order valence-electron chi connectivity index (χ1n) is 13.8. The molecule has 0 radical (unpaired) electrons. The Morgan fingerprint density at radius 2 is 1.62 bits per heavy atom. The quantitative estimate of drug-likeness (QED) is 0.408. The molecule has 1 unspecified atom stereocenters. The Hall–Kier alpha value is -4.10. The van der Waals surface area contributed by atoms with Crippen LogP contribution in [0.15, 0.2) is 85.1 Å². The average Bonchev–Trinajstić information content (AvgIpc) is 3.47. The van der Waals surface area contributed by atoms with Gasteiger partial charge in [0.05, 0.1) is 0 Å². The van der Waals surface area contributed by atoms with Gasteiger partial charge >= 0.3 is 0 Å². The van der Waals surface area contributed by atoms with Crippen molar-refractivity contribution < 1.29 is 9.59 Å². The standard InChI is InChI=1S/C32H35N5O2/c1-34(32(39)25-9-3-2-4-10-25)23-31(38)37-26(15-14-24-8-5-6-12-29(24)37)22-35-18-20-36(21-19-35)30-13-7-11-28-27(30)16-17-33-28/h2-13,16-17,26,33H,14-15,18-23H2,1H3. The second-order valence-electron chi connectivity index (χ2n) is 10.6. The largest absolute Gasteiger partial charge is 0.368 e. The summed E-state index contributed by atoms with van der Waals surface area (Å²) >= 11 is 0. The van der Waals surface area contributed by atoms with E-state index in [4.69, 9.17) is 0 Å². The van der Waals surface area contributed by atoms with E-state index in [-0.39, 0.29) is 24.4 Å². The van der Waals surface area contributed by atoms with Crippen LogP contribution in [0.1, 0.15) is 22.3 Å². The molecule has 6 rings (SSSR count). The first-order chi connectivity index (χ1) is 19.1. The summed E-state index contributed by atoms with van der Waals surface area (Å²) in [4.78, 5) is 38.5. The maximum absolute atomic E-state index is 13.8. The Labute approximate surface area is 229 Å². The molecule has 1 atom stereocenters. The van der Waals surface area contributed by atoms with Crippen LogP contribution in [0.3, 0.4) is 0 Å². The molecule has 200 valence electrons. The first-order valence-corrected chi connectivity index (χ1v) is 13.8. The number of fused-ring (bicyclic) bond motifs is 2. The number of carbonyl (C=O) groups is 2. The number of hydrogen-bond donors (Lipinski definition) is 1. The summed E-state index contributed by atoms with van der Waals surface area (Å²) in [7, 11) is 1.71. The molecule has 3 heterocycles. The molecule has 1 N–H and O–H groups in total. The summed E-state index contributed by atoms with van der Waals surface area (Å²) in [6.45, 7) is 4.69. The molecule has 2 aliphatic rings. The number of rotatable bonds is 6. The fourth-order valence-electron chi connectivity index (χ4n) is 6.08. The highest BCUT2D eigenvalue weighted by molar-refractivity contribution is 6.01. The van der Waals surface area contributed by atoms with E-state index in [0.29, 0.717) is 5.56 Å². The van der Waals surface area contributed by atoms with E-state index >= 15 is 0 Å². The number of nitrogens with zero attached hydrogens (tertiary/aromatic N) is 4. The zero-order valence-electron chi connectivity index (χ0n) is 22.4. The Bertz CT molecular complexity index is 1460. The van der Waals surface area contributed by atoms with Crippen molar-refractivity contribution in [3.63, 3.8) is 0 Å². The fraction of sp³-hybridized carbons (Fsp3) is 0.312. The molecule has 1 fully saturated rings. The molecular weight excluding hydrogens is 486 g/mol. The Morgan fingerprint density at radius 1 is 0.872 bits per heavy atom. The van der Waals surface area contributed by atoms with E-state index in [1.165, 1.54) is 27.1 Å². The van der Waals surface area contributed by atoms with Crippen LogP contribution in [0.25, 0.3) is 10.9 Å². The molecule has 4 aromatic rings. The van der Waals surface area contributed by atoms with E-state index in [9.17, 15) is 9.59 Å². The van der Waals surface area contributed by atoms with E-state index < -0.39 is 0 Å². The lowest BCUT2D eigenvalue weighted by Gasteiger charge is -2.43.